The average molecular weight is 626 g/mol. The topological polar surface area (TPSA) is 110 Å². The normalized spacial score (nSPS) is 24.2. The Labute approximate surface area is 258 Å². The first-order chi connectivity index (χ1) is 21.3. The van der Waals surface area contributed by atoms with Gasteiger partial charge in [0.05, 0.1) is 44.8 Å². The van der Waals surface area contributed by atoms with Crippen molar-refractivity contribution in [1.82, 2.24) is 5.06 Å². The fraction of sp³-hybridized carbons (Fsp3) is 0.424. The number of rotatable bonds is 15. The van der Waals surface area contributed by atoms with Crippen LogP contribution in [-0.2, 0) is 62.7 Å². The molecule has 2 saturated heterocycles. The van der Waals surface area contributed by atoms with Crippen LogP contribution in [0.5, 0.6) is 0 Å². The third-order valence-electron chi connectivity index (χ3n) is 7.60. The van der Waals surface area contributed by atoms with E-state index in [1.165, 1.54) is 6.92 Å². The first-order valence-electron chi connectivity index (χ1n) is 14.7. The standard InChI is InChI=1S/C33H39NO9S/c1-24(35)39-23-31(43-44(2,36)37)30-18-28-32(40-20-26-14-8-4-9-15-26)33(41-21-27-16-10-5-11-17-27)29(34(28)42-30)22-38-19-25-12-6-3-7-13-25/h3-17,28-33H,18-23H2,1-2H3/t28?,29-,30-,31-,32-,33-/m1/s1. The maximum Gasteiger partial charge on any atom is 0.302 e. The molecule has 0 amide bonds. The second kappa shape index (κ2) is 15.2. The highest BCUT2D eigenvalue weighted by atomic mass is 32.2. The fourth-order valence-corrected chi connectivity index (χ4v) is 6.26. The van der Waals surface area contributed by atoms with Crippen molar-refractivity contribution in [2.75, 3.05) is 19.5 Å². The van der Waals surface area contributed by atoms with E-state index in [4.69, 9.17) is 28.0 Å². The Morgan fingerprint density at radius 1 is 0.841 bits per heavy atom. The molecule has 0 spiro atoms. The van der Waals surface area contributed by atoms with Crippen molar-refractivity contribution in [2.24, 2.45) is 0 Å². The highest BCUT2D eigenvalue weighted by molar-refractivity contribution is 7.86. The fourth-order valence-electron chi connectivity index (χ4n) is 5.63. The minimum Gasteiger partial charge on any atom is -0.463 e. The van der Waals surface area contributed by atoms with E-state index in [1.54, 1.807) is 0 Å². The number of hydrogen-bond acceptors (Lipinski definition) is 10. The van der Waals surface area contributed by atoms with Gasteiger partial charge in [-0.2, -0.15) is 13.5 Å². The summed E-state index contributed by atoms with van der Waals surface area (Å²) < 4.78 is 54.1. The third-order valence-corrected chi connectivity index (χ3v) is 8.20. The lowest BCUT2D eigenvalue weighted by Gasteiger charge is -2.30. The minimum absolute atomic E-state index is 0.268. The summed E-state index contributed by atoms with van der Waals surface area (Å²) in [6.07, 6.45) is -1.30. The molecular formula is C33H39NO9S. The van der Waals surface area contributed by atoms with E-state index < -0.39 is 40.5 Å². The first-order valence-corrected chi connectivity index (χ1v) is 16.5. The second-order valence-electron chi connectivity index (χ2n) is 11.0. The molecule has 2 heterocycles. The van der Waals surface area contributed by atoms with E-state index in [9.17, 15) is 13.2 Å². The van der Waals surface area contributed by atoms with Gasteiger partial charge >= 0.3 is 5.97 Å². The Kier molecular flexibility index (Phi) is 11.2. The van der Waals surface area contributed by atoms with Crippen LogP contribution in [0.15, 0.2) is 91.0 Å². The van der Waals surface area contributed by atoms with Crippen LogP contribution in [0.3, 0.4) is 0 Å². The Hall–Kier alpha value is -3.16. The Balaban J connectivity index is 1.40. The molecule has 5 rings (SSSR count). The summed E-state index contributed by atoms with van der Waals surface area (Å²) in [4.78, 5) is 18.0. The molecule has 10 nitrogen and oxygen atoms in total. The number of hydrogen-bond donors (Lipinski definition) is 0. The Bertz CT molecular complexity index is 1430. The van der Waals surface area contributed by atoms with Gasteiger partial charge in [-0.05, 0) is 23.1 Å². The molecule has 2 aliphatic heterocycles. The molecule has 0 N–H and O–H groups in total. The van der Waals surface area contributed by atoms with Crippen LogP contribution in [0.2, 0.25) is 0 Å². The lowest BCUT2D eigenvalue weighted by Crippen LogP contribution is -2.44. The largest absolute Gasteiger partial charge is 0.463 e. The predicted octanol–water partition coefficient (Wildman–Crippen LogP) is 4.04. The number of carbonyl (C=O) groups is 1. The molecule has 6 atom stereocenters. The molecule has 0 aromatic heterocycles. The summed E-state index contributed by atoms with van der Waals surface area (Å²) in [7, 11) is -3.87. The van der Waals surface area contributed by atoms with Crippen molar-refractivity contribution in [3.05, 3.63) is 108 Å². The van der Waals surface area contributed by atoms with Crippen molar-refractivity contribution < 1.29 is 41.2 Å². The number of ether oxygens (including phenoxy) is 4. The van der Waals surface area contributed by atoms with Crippen molar-refractivity contribution in [3.8, 4) is 0 Å². The summed E-state index contributed by atoms with van der Waals surface area (Å²) >= 11 is 0. The van der Waals surface area contributed by atoms with Crippen LogP contribution in [0, 0.1) is 0 Å². The molecule has 0 aliphatic carbocycles. The smallest absolute Gasteiger partial charge is 0.302 e. The number of fused-ring (bicyclic) bond motifs is 1. The van der Waals surface area contributed by atoms with Gasteiger partial charge in [-0.1, -0.05) is 91.0 Å². The van der Waals surface area contributed by atoms with Gasteiger partial charge < -0.3 is 18.9 Å². The highest BCUT2D eigenvalue weighted by Crippen LogP contribution is 2.40. The molecule has 0 radical (unpaired) electrons. The summed E-state index contributed by atoms with van der Waals surface area (Å²) in [5.41, 5.74) is 3.06. The van der Waals surface area contributed by atoms with E-state index >= 15 is 0 Å². The molecule has 3 aromatic carbocycles. The van der Waals surface area contributed by atoms with Crippen molar-refractivity contribution in [3.63, 3.8) is 0 Å². The molecule has 44 heavy (non-hydrogen) atoms. The highest BCUT2D eigenvalue weighted by Gasteiger charge is 2.57. The second-order valence-corrected chi connectivity index (χ2v) is 12.6. The van der Waals surface area contributed by atoms with Gasteiger partial charge in [-0.15, -0.1) is 0 Å². The predicted molar refractivity (Wildman–Crippen MR) is 161 cm³/mol. The van der Waals surface area contributed by atoms with Gasteiger partial charge in [-0.3, -0.25) is 13.8 Å². The van der Waals surface area contributed by atoms with E-state index in [1.807, 2.05) is 96.1 Å². The molecule has 11 heteroatoms. The monoisotopic (exact) mass is 625 g/mol. The maximum atomic E-state index is 12.1. The quantitative estimate of drug-likeness (QED) is 0.181. The number of hydroxylamine groups is 2. The van der Waals surface area contributed by atoms with Crippen LogP contribution in [0.25, 0.3) is 0 Å². The van der Waals surface area contributed by atoms with Gasteiger partial charge in [0.15, 0.2) is 0 Å². The van der Waals surface area contributed by atoms with Crippen LogP contribution < -0.4 is 0 Å². The summed E-state index contributed by atoms with van der Waals surface area (Å²) in [5, 5.41) is 1.81. The van der Waals surface area contributed by atoms with E-state index in [0.29, 0.717) is 26.2 Å². The minimum atomic E-state index is -3.87. The lowest BCUT2D eigenvalue weighted by molar-refractivity contribution is -0.214. The van der Waals surface area contributed by atoms with Crippen molar-refractivity contribution in [1.29, 1.82) is 0 Å². The number of benzene rings is 3. The van der Waals surface area contributed by atoms with Crippen molar-refractivity contribution in [2.45, 2.75) is 69.7 Å². The zero-order chi connectivity index (χ0) is 30.9. The number of esters is 1. The first kappa shape index (κ1) is 32.2. The van der Waals surface area contributed by atoms with Crippen LogP contribution in [-0.4, -0.2) is 75.4 Å². The SMILES string of the molecule is CC(=O)OC[C@@H](OS(C)(=O)=O)[C@H]1CC2[C@@H](OCc3ccccc3)[C@H](OCc3ccccc3)[C@@H](COCc3ccccc3)N2O1. The van der Waals surface area contributed by atoms with Crippen LogP contribution >= 0.6 is 0 Å². The summed E-state index contributed by atoms with van der Waals surface area (Å²) in [6.45, 7) is 2.36. The zero-order valence-corrected chi connectivity index (χ0v) is 25.7. The maximum absolute atomic E-state index is 12.1. The van der Waals surface area contributed by atoms with Gasteiger partial charge in [-0.25, -0.2) is 0 Å². The third kappa shape index (κ3) is 8.95. The van der Waals surface area contributed by atoms with Gasteiger partial charge in [0, 0.05) is 6.92 Å². The molecule has 3 aromatic rings. The lowest BCUT2D eigenvalue weighted by atomic mass is 10.00. The van der Waals surface area contributed by atoms with Crippen LogP contribution in [0.4, 0.5) is 0 Å². The zero-order valence-electron chi connectivity index (χ0n) is 24.9. The molecule has 0 bridgehead atoms. The molecule has 236 valence electrons. The number of carbonyl (C=O) groups excluding carboxylic acids is 1. The Morgan fingerprint density at radius 2 is 1.36 bits per heavy atom. The van der Waals surface area contributed by atoms with Gasteiger partial charge in [0.2, 0.25) is 0 Å². The van der Waals surface area contributed by atoms with E-state index in [-0.39, 0.29) is 25.3 Å². The van der Waals surface area contributed by atoms with Gasteiger partial charge in [0.25, 0.3) is 10.1 Å². The van der Waals surface area contributed by atoms with Crippen molar-refractivity contribution >= 4 is 16.1 Å². The van der Waals surface area contributed by atoms with E-state index in [2.05, 4.69) is 0 Å². The molecule has 1 unspecified atom stereocenters. The molecule has 2 aliphatic rings. The molecular weight excluding hydrogens is 586 g/mol. The average Bonchev–Trinajstić information content (AvgIpc) is 3.56. The van der Waals surface area contributed by atoms with Crippen LogP contribution in [0.1, 0.15) is 30.0 Å². The summed E-state index contributed by atoms with van der Waals surface area (Å²) in [5.74, 6) is -0.545. The molecule has 2 fully saturated rings. The Morgan fingerprint density at radius 3 is 1.89 bits per heavy atom. The number of nitrogens with zero attached hydrogens (tertiary/aromatic N) is 1. The summed E-state index contributed by atoms with van der Waals surface area (Å²) in [6, 6.07) is 28.9. The van der Waals surface area contributed by atoms with Gasteiger partial charge in [0.1, 0.15) is 31.0 Å². The molecule has 0 saturated carbocycles. The van der Waals surface area contributed by atoms with E-state index in [0.717, 1.165) is 22.9 Å².